The first kappa shape index (κ1) is 20.4. The first-order valence-electron chi connectivity index (χ1n) is 9.63. The highest BCUT2D eigenvalue weighted by Gasteiger charge is 2.17. The molecule has 0 unspecified atom stereocenters. The molecule has 0 saturated carbocycles. The second-order valence-corrected chi connectivity index (χ2v) is 6.58. The zero-order chi connectivity index (χ0) is 20.5. The van der Waals surface area contributed by atoms with Gasteiger partial charge >= 0.3 is 0 Å². The lowest BCUT2D eigenvalue weighted by atomic mass is 10.0. The average Bonchev–Trinajstić information content (AvgIpc) is 3.28. The molecular weight excluding hydrogens is 366 g/mol. The number of rotatable bonds is 9. The van der Waals surface area contributed by atoms with Crippen molar-refractivity contribution in [3.8, 4) is 0 Å². The van der Waals surface area contributed by atoms with Gasteiger partial charge in [-0.1, -0.05) is 55.5 Å². The van der Waals surface area contributed by atoms with Crippen LogP contribution in [0.25, 0.3) is 0 Å². The van der Waals surface area contributed by atoms with Crippen molar-refractivity contribution in [2.24, 2.45) is 0 Å². The van der Waals surface area contributed by atoms with Crippen LogP contribution in [0.4, 0.5) is 5.69 Å². The Kier molecular flexibility index (Phi) is 7.19. The topological polar surface area (TPSA) is 83.4 Å². The van der Waals surface area contributed by atoms with Crippen molar-refractivity contribution >= 4 is 17.5 Å². The summed E-state index contributed by atoms with van der Waals surface area (Å²) in [6, 6.07) is 20.8. The number of carbonyl (C=O) groups excluding carboxylic acids is 2. The highest BCUT2D eigenvalue weighted by Crippen LogP contribution is 2.22. The number of para-hydroxylation sites is 1. The number of nitrogens with one attached hydrogen (secondary N) is 3. The van der Waals surface area contributed by atoms with E-state index in [9.17, 15) is 9.59 Å². The zero-order valence-electron chi connectivity index (χ0n) is 16.4. The number of amides is 2. The highest BCUT2D eigenvalue weighted by atomic mass is 16.3. The predicted molar refractivity (Wildman–Crippen MR) is 112 cm³/mol. The summed E-state index contributed by atoms with van der Waals surface area (Å²) in [6.45, 7) is 2.00. The first-order chi connectivity index (χ1) is 14.2. The summed E-state index contributed by atoms with van der Waals surface area (Å²) in [6.07, 6.45) is 2.42. The van der Waals surface area contributed by atoms with E-state index in [-0.39, 0.29) is 30.9 Å². The van der Waals surface area contributed by atoms with Crippen LogP contribution >= 0.6 is 0 Å². The minimum atomic E-state index is -0.267. The summed E-state index contributed by atoms with van der Waals surface area (Å²) < 4.78 is 5.51. The third-order valence-corrected chi connectivity index (χ3v) is 4.55. The Labute approximate surface area is 170 Å². The first-order valence-corrected chi connectivity index (χ1v) is 9.63. The molecule has 6 nitrogen and oxygen atoms in total. The standard InChI is InChI=1S/C23H25N3O3/c1-2-17-9-6-7-12-19(17)26-22(28)16-24-21(27)15-25-23(20-13-8-14-29-20)18-10-4-3-5-11-18/h3-14,23,25H,2,15-16H2,1H3,(H,24,27)(H,26,28)/t23-/m0/s1. The van der Waals surface area contributed by atoms with E-state index < -0.39 is 0 Å². The Morgan fingerprint density at radius 1 is 0.897 bits per heavy atom. The minimum Gasteiger partial charge on any atom is -0.467 e. The molecule has 0 saturated heterocycles. The molecule has 0 bridgehead atoms. The summed E-state index contributed by atoms with van der Waals surface area (Å²) in [5.74, 6) is 0.194. The van der Waals surface area contributed by atoms with Gasteiger partial charge in [-0.3, -0.25) is 14.9 Å². The van der Waals surface area contributed by atoms with Crippen LogP contribution in [0.15, 0.2) is 77.4 Å². The van der Waals surface area contributed by atoms with Gasteiger partial charge in [0.2, 0.25) is 11.8 Å². The van der Waals surface area contributed by atoms with Crippen LogP contribution < -0.4 is 16.0 Å². The van der Waals surface area contributed by atoms with Gasteiger partial charge in [-0.2, -0.15) is 0 Å². The quantitative estimate of drug-likeness (QED) is 0.523. The Bertz CT molecular complexity index is 924. The van der Waals surface area contributed by atoms with Crippen LogP contribution in [0, 0.1) is 0 Å². The van der Waals surface area contributed by atoms with Crippen LogP contribution in [0.2, 0.25) is 0 Å². The van der Waals surface area contributed by atoms with Crippen LogP contribution in [0.3, 0.4) is 0 Å². The van der Waals surface area contributed by atoms with Crippen molar-refractivity contribution in [2.45, 2.75) is 19.4 Å². The zero-order valence-corrected chi connectivity index (χ0v) is 16.4. The van der Waals surface area contributed by atoms with E-state index in [0.717, 1.165) is 29.0 Å². The maximum Gasteiger partial charge on any atom is 0.243 e. The molecule has 3 aromatic rings. The van der Waals surface area contributed by atoms with Crippen molar-refractivity contribution in [3.05, 3.63) is 89.9 Å². The Hall–Kier alpha value is -3.38. The third-order valence-electron chi connectivity index (χ3n) is 4.55. The van der Waals surface area contributed by atoms with Crippen LogP contribution in [0.1, 0.15) is 29.9 Å². The average molecular weight is 391 g/mol. The normalized spacial score (nSPS) is 11.6. The van der Waals surface area contributed by atoms with Crippen LogP contribution in [-0.4, -0.2) is 24.9 Å². The minimum absolute atomic E-state index is 0.0547. The van der Waals surface area contributed by atoms with E-state index in [1.807, 2.05) is 73.7 Å². The number of benzene rings is 2. The summed E-state index contributed by atoms with van der Waals surface area (Å²) in [5.41, 5.74) is 2.82. The van der Waals surface area contributed by atoms with E-state index in [1.165, 1.54) is 0 Å². The summed E-state index contributed by atoms with van der Waals surface area (Å²) >= 11 is 0. The molecule has 0 aliphatic heterocycles. The van der Waals surface area contributed by atoms with Gasteiger partial charge in [-0.15, -0.1) is 0 Å². The van der Waals surface area contributed by atoms with Gasteiger partial charge < -0.3 is 15.1 Å². The molecule has 29 heavy (non-hydrogen) atoms. The maximum absolute atomic E-state index is 12.2. The van der Waals surface area contributed by atoms with Crippen molar-refractivity contribution in [1.29, 1.82) is 0 Å². The molecule has 0 radical (unpaired) electrons. The number of carbonyl (C=O) groups is 2. The molecule has 1 aromatic heterocycles. The smallest absolute Gasteiger partial charge is 0.243 e. The number of hydrogen-bond acceptors (Lipinski definition) is 4. The molecule has 0 aliphatic carbocycles. The summed E-state index contributed by atoms with van der Waals surface area (Å²) in [7, 11) is 0. The number of anilines is 1. The van der Waals surface area contributed by atoms with E-state index in [1.54, 1.807) is 6.26 Å². The lowest BCUT2D eigenvalue weighted by Crippen LogP contribution is -2.39. The maximum atomic E-state index is 12.2. The largest absolute Gasteiger partial charge is 0.467 e. The van der Waals surface area contributed by atoms with Gasteiger partial charge in [0.15, 0.2) is 0 Å². The molecule has 2 aromatic carbocycles. The summed E-state index contributed by atoms with van der Waals surface area (Å²) in [4.78, 5) is 24.4. The van der Waals surface area contributed by atoms with Gasteiger partial charge in [0.25, 0.3) is 0 Å². The van der Waals surface area contributed by atoms with E-state index in [0.29, 0.717) is 0 Å². The van der Waals surface area contributed by atoms with Gasteiger partial charge in [-0.05, 0) is 35.7 Å². The fourth-order valence-corrected chi connectivity index (χ4v) is 3.06. The molecule has 0 aliphatic rings. The van der Waals surface area contributed by atoms with E-state index in [2.05, 4.69) is 16.0 Å². The lowest BCUT2D eigenvalue weighted by molar-refractivity contribution is -0.123. The molecular formula is C23H25N3O3. The molecule has 0 fully saturated rings. The Morgan fingerprint density at radius 2 is 1.66 bits per heavy atom. The van der Waals surface area contributed by atoms with Gasteiger partial charge in [0.05, 0.1) is 25.4 Å². The van der Waals surface area contributed by atoms with Gasteiger partial charge in [-0.25, -0.2) is 0 Å². The number of furan rings is 1. The Balaban J connectivity index is 1.51. The van der Waals surface area contributed by atoms with Crippen molar-refractivity contribution < 1.29 is 14.0 Å². The Morgan fingerprint density at radius 3 is 2.38 bits per heavy atom. The number of hydrogen-bond donors (Lipinski definition) is 3. The molecule has 3 N–H and O–H groups in total. The molecule has 1 heterocycles. The van der Waals surface area contributed by atoms with E-state index >= 15 is 0 Å². The van der Waals surface area contributed by atoms with Gasteiger partial charge in [0, 0.05) is 5.69 Å². The van der Waals surface area contributed by atoms with Crippen LogP contribution in [0.5, 0.6) is 0 Å². The molecule has 6 heteroatoms. The molecule has 0 spiro atoms. The lowest BCUT2D eigenvalue weighted by Gasteiger charge is -2.17. The fraction of sp³-hybridized carbons (Fsp3) is 0.217. The second-order valence-electron chi connectivity index (χ2n) is 6.58. The monoisotopic (exact) mass is 391 g/mol. The molecule has 3 rings (SSSR count). The fourth-order valence-electron chi connectivity index (χ4n) is 3.06. The number of aryl methyl sites for hydroxylation is 1. The van der Waals surface area contributed by atoms with Crippen molar-refractivity contribution in [3.63, 3.8) is 0 Å². The molecule has 1 atom stereocenters. The van der Waals surface area contributed by atoms with Crippen molar-refractivity contribution in [1.82, 2.24) is 10.6 Å². The van der Waals surface area contributed by atoms with Gasteiger partial charge in [0.1, 0.15) is 5.76 Å². The summed E-state index contributed by atoms with van der Waals surface area (Å²) in [5, 5.41) is 8.68. The third kappa shape index (κ3) is 5.80. The van der Waals surface area contributed by atoms with Crippen LogP contribution in [-0.2, 0) is 16.0 Å². The predicted octanol–water partition coefficient (Wildman–Crippen LogP) is 3.28. The van der Waals surface area contributed by atoms with E-state index in [4.69, 9.17) is 4.42 Å². The molecule has 2 amide bonds. The van der Waals surface area contributed by atoms with Crippen molar-refractivity contribution in [2.75, 3.05) is 18.4 Å². The SMILES string of the molecule is CCc1ccccc1NC(=O)CNC(=O)CN[C@@H](c1ccccc1)c1ccco1. The molecule has 150 valence electrons. The second kappa shape index (κ2) is 10.2. The highest BCUT2D eigenvalue weighted by molar-refractivity contribution is 5.95.